The summed E-state index contributed by atoms with van der Waals surface area (Å²) in [5.41, 5.74) is 0. The SMILES string of the molecule is CC(C)C(C#N)C(=O)NC1CCCC1C. The lowest BCUT2D eigenvalue weighted by molar-refractivity contribution is -0.125. The van der Waals surface area contributed by atoms with Gasteiger partial charge < -0.3 is 5.32 Å². The van der Waals surface area contributed by atoms with Crippen LogP contribution >= 0.6 is 0 Å². The lowest BCUT2D eigenvalue weighted by atomic mass is 9.95. The Morgan fingerprint density at radius 2 is 2.13 bits per heavy atom. The van der Waals surface area contributed by atoms with Crippen LogP contribution in [0, 0.1) is 29.1 Å². The summed E-state index contributed by atoms with van der Waals surface area (Å²) in [6, 6.07) is 2.36. The summed E-state index contributed by atoms with van der Waals surface area (Å²) in [4.78, 5) is 11.8. The van der Waals surface area contributed by atoms with Crippen molar-refractivity contribution in [3.8, 4) is 6.07 Å². The van der Waals surface area contributed by atoms with E-state index in [2.05, 4.69) is 18.3 Å². The van der Waals surface area contributed by atoms with Gasteiger partial charge in [0.05, 0.1) is 6.07 Å². The summed E-state index contributed by atoms with van der Waals surface area (Å²) in [6.07, 6.45) is 3.43. The molecule has 0 aromatic heterocycles. The Morgan fingerprint density at radius 3 is 2.53 bits per heavy atom. The molecular formula is C12H20N2O. The van der Waals surface area contributed by atoms with Gasteiger partial charge in [-0.05, 0) is 24.7 Å². The second-order valence-electron chi connectivity index (χ2n) is 4.87. The molecule has 1 saturated carbocycles. The molecule has 1 amide bonds. The number of nitrogens with zero attached hydrogens (tertiary/aromatic N) is 1. The number of hydrogen-bond donors (Lipinski definition) is 1. The van der Waals surface area contributed by atoms with Gasteiger partial charge in [-0.15, -0.1) is 0 Å². The fraction of sp³-hybridized carbons (Fsp3) is 0.833. The van der Waals surface area contributed by atoms with E-state index in [9.17, 15) is 4.79 Å². The molecule has 15 heavy (non-hydrogen) atoms. The third-order valence-corrected chi connectivity index (χ3v) is 3.28. The van der Waals surface area contributed by atoms with Gasteiger partial charge in [-0.2, -0.15) is 5.26 Å². The van der Waals surface area contributed by atoms with E-state index in [0.717, 1.165) is 6.42 Å². The second-order valence-corrected chi connectivity index (χ2v) is 4.87. The van der Waals surface area contributed by atoms with Gasteiger partial charge in [0, 0.05) is 6.04 Å². The zero-order valence-corrected chi connectivity index (χ0v) is 9.79. The van der Waals surface area contributed by atoms with Crippen LogP contribution in [0.3, 0.4) is 0 Å². The van der Waals surface area contributed by atoms with Crippen molar-refractivity contribution in [3.05, 3.63) is 0 Å². The van der Waals surface area contributed by atoms with E-state index in [-0.39, 0.29) is 17.9 Å². The first kappa shape index (κ1) is 12.0. The van der Waals surface area contributed by atoms with Crippen molar-refractivity contribution >= 4 is 5.91 Å². The maximum atomic E-state index is 11.8. The standard InChI is InChI=1S/C12H20N2O/c1-8(2)10(7-13)12(15)14-11-6-4-5-9(11)3/h8-11H,4-6H2,1-3H3,(H,14,15). The summed E-state index contributed by atoms with van der Waals surface area (Å²) in [5, 5.41) is 11.9. The zero-order chi connectivity index (χ0) is 11.4. The fourth-order valence-electron chi connectivity index (χ4n) is 2.14. The monoisotopic (exact) mass is 208 g/mol. The smallest absolute Gasteiger partial charge is 0.237 e. The van der Waals surface area contributed by atoms with Crippen molar-refractivity contribution in [2.45, 2.75) is 46.1 Å². The summed E-state index contributed by atoms with van der Waals surface area (Å²) < 4.78 is 0. The average Bonchev–Trinajstić information content (AvgIpc) is 2.52. The molecule has 1 aliphatic carbocycles. The van der Waals surface area contributed by atoms with Gasteiger partial charge >= 0.3 is 0 Å². The first-order valence-electron chi connectivity index (χ1n) is 5.76. The van der Waals surface area contributed by atoms with Crippen LogP contribution < -0.4 is 5.32 Å². The minimum Gasteiger partial charge on any atom is -0.352 e. The van der Waals surface area contributed by atoms with Gasteiger partial charge in [0.25, 0.3) is 0 Å². The molecule has 1 fully saturated rings. The number of rotatable bonds is 3. The molecule has 3 unspecified atom stereocenters. The molecule has 1 rings (SSSR count). The summed E-state index contributed by atoms with van der Waals surface area (Å²) in [6.45, 7) is 5.98. The Hall–Kier alpha value is -1.04. The van der Waals surface area contributed by atoms with E-state index in [4.69, 9.17) is 5.26 Å². The number of carbonyl (C=O) groups is 1. The maximum absolute atomic E-state index is 11.8. The topological polar surface area (TPSA) is 52.9 Å². The summed E-state index contributed by atoms with van der Waals surface area (Å²) >= 11 is 0. The molecule has 1 aliphatic rings. The van der Waals surface area contributed by atoms with E-state index in [1.54, 1.807) is 0 Å². The molecule has 1 N–H and O–H groups in total. The molecule has 0 aromatic rings. The molecular weight excluding hydrogens is 188 g/mol. The Balaban J connectivity index is 2.51. The van der Waals surface area contributed by atoms with Crippen LogP contribution in [0.15, 0.2) is 0 Å². The van der Waals surface area contributed by atoms with Gasteiger partial charge in [0.1, 0.15) is 5.92 Å². The maximum Gasteiger partial charge on any atom is 0.237 e. The molecule has 0 saturated heterocycles. The largest absolute Gasteiger partial charge is 0.352 e. The minimum atomic E-state index is -0.502. The molecule has 3 nitrogen and oxygen atoms in total. The number of nitriles is 1. The normalized spacial score (nSPS) is 27.4. The Labute approximate surface area is 91.9 Å². The van der Waals surface area contributed by atoms with E-state index in [0.29, 0.717) is 5.92 Å². The van der Waals surface area contributed by atoms with Gasteiger partial charge in [-0.1, -0.05) is 27.2 Å². The van der Waals surface area contributed by atoms with E-state index >= 15 is 0 Å². The van der Waals surface area contributed by atoms with Crippen LogP contribution in [-0.4, -0.2) is 11.9 Å². The van der Waals surface area contributed by atoms with Crippen molar-refractivity contribution in [3.63, 3.8) is 0 Å². The number of carbonyl (C=O) groups excluding carboxylic acids is 1. The molecule has 0 aromatic carbocycles. The molecule has 0 heterocycles. The van der Waals surface area contributed by atoms with E-state index < -0.39 is 5.92 Å². The first-order valence-corrected chi connectivity index (χ1v) is 5.76. The van der Waals surface area contributed by atoms with Crippen LogP contribution in [-0.2, 0) is 4.79 Å². The molecule has 0 spiro atoms. The average molecular weight is 208 g/mol. The third-order valence-electron chi connectivity index (χ3n) is 3.28. The molecule has 84 valence electrons. The van der Waals surface area contributed by atoms with Crippen molar-refractivity contribution in [1.82, 2.24) is 5.32 Å². The highest BCUT2D eigenvalue weighted by Crippen LogP contribution is 2.25. The Bertz CT molecular complexity index is 267. The molecule has 3 atom stereocenters. The second kappa shape index (κ2) is 5.16. The van der Waals surface area contributed by atoms with Crippen LogP contribution in [0.1, 0.15) is 40.0 Å². The van der Waals surface area contributed by atoms with Gasteiger partial charge in [0.2, 0.25) is 5.91 Å². The van der Waals surface area contributed by atoms with Crippen molar-refractivity contribution in [2.75, 3.05) is 0 Å². The highest BCUT2D eigenvalue weighted by molar-refractivity contribution is 5.81. The Kier molecular flexibility index (Phi) is 4.14. The highest BCUT2D eigenvalue weighted by Gasteiger charge is 2.28. The molecule has 0 radical (unpaired) electrons. The minimum absolute atomic E-state index is 0.0895. The van der Waals surface area contributed by atoms with Gasteiger partial charge in [-0.25, -0.2) is 0 Å². The van der Waals surface area contributed by atoms with Crippen molar-refractivity contribution < 1.29 is 4.79 Å². The lowest BCUT2D eigenvalue weighted by Gasteiger charge is -2.20. The van der Waals surface area contributed by atoms with E-state index in [1.165, 1.54) is 12.8 Å². The highest BCUT2D eigenvalue weighted by atomic mass is 16.1. The third kappa shape index (κ3) is 2.95. The van der Waals surface area contributed by atoms with Gasteiger partial charge in [-0.3, -0.25) is 4.79 Å². The summed E-state index contributed by atoms with van der Waals surface area (Å²) in [7, 11) is 0. The summed E-state index contributed by atoms with van der Waals surface area (Å²) in [5.74, 6) is 0.0521. The van der Waals surface area contributed by atoms with E-state index in [1.807, 2.05) is 13.8 Å². The molecule has 0 bridgehead atoms. The lowest BCUT2D eigenvalue weighted by Crippen LogP contribution is -2.41. The number of nitrogens with one attached hydrogen (secondary N) is 1. The fourth-order valence-corrected chi connectivity index (χ4v) is 2.14. The van der Waals surface area contributed by atoms with Crippen molar-refractivity contribution in [2.24, 2.45) is 17.8 Å². The zero-order valence-electron chi connectivity index (χ0n) is 9.79. The predicted molar refractivity (Wildman–Crippen MR) is 58.9 cm³/mol. The van der Waals surface area contributed by atoms with Crippen molar-refractivity contribution in [1.29, 1.82) is 5.26 Å². The van der Waals surface area contributed by atoms with Crippen LogP contribution in [0.4, 0.5) is 0 Å². The number of amides is 1. The van der Waals surface area contributed by atoms with Crippen LogP contribution in [0.25, 0.3) is 0 Å². The predicted octanol–water partition coefficient (Wildman–Crippen LogP) is 2.09. The number of hydrogen-bond acceptors (Lipinski definition) is 2. The van der Waals surface area contributed by atoms with Crippen LogP contribution in [0.2, 0.25) is 0 Å². The molecule has 0 aliphatic heterocycles. The Morgan fingerprint density at radius 1 is 1.47 bits per heavy atom. The van der Waals surface area contributed by atoms with Crippen LogP contribution in [0.5, 0.6) is 0 Å². The quantitative estimate of drug-likeness (QED) is 0.772. The first-order chi connectivity index (χ1) is 7.06. The molecule has 3 heteroatoms. The van der Waals surface area contributed by atoms with Gasteiger partial charge in [0.15, 0.2) is 0 Å².